The van der Waals surface area contributed by atoms with E-state index in [1.54, 1.807) is 6.07 Å². The highest BCUT2D eigenvalue weighted by Gasteiger charge is 2.45. The minimum absolute atomic E-state index is 0.0480. The SMILES string of the molecule is CCOS(=O)(=O)c1ccc(Cl)cc1C1(c2ccc(Cl)c(Cl)c2)CCCN(C(=O)c2cc(C(F)(F)F)cc(C(F)(F)F)c2)C1. The highest BCUT2D eigenvalue weighted by Crippen LogP contribution is 2.46. The third kappa shape index (κ3) is 6.93. The van der Waals surface area contributed by atoms with Crippen molar-refractivity contribution in [1.82, 2.24) is 4.90 Å². The number of amides is 1. The Morgan fingerprint density at radius 2 is 1.53 bits per heavy atom. The number of hydrogen-bond acceptors (Lipinski definition) is 4. The fourth-order valence-corrected chi connectivity index (χ4v) is 6.87. The topological polar surface area (TPSA) is 63.7 Å². The van der Waals surface area contributed by atoms with Gasteiger partial charge in [-0.2, -0.15) is 34.8 Å². The molecule has 1 unspecified atom stereocenters. The van der Waals surface area contributed by atoms with Gasteiger partial charge in [-0.1, -0.05) is 40.9 Å². The van der Waals surface area contributed by atoms with Gasteiger partial charge in [-0.3, -0.25) is 8.98 Å². The van der Waals surface area contributed by atoms with Gasteiger partial charge in [0.2, 0.25) is 0 Å². The van der Waals surface area contributed by atoms with Gasteiger partial charge in [-0.15, -0.1) is 0 Å². The maximum Gasteiger partial charge on any atom is 0.416 e. The molecule has 15 heteroatoms. The second-order valence-corrected chi connectivity index (χ2v) is 12.7. The predicted molar refractivity (Wildman–Crippen MR) is 149 cm³/mol. The number of alkyl halides is 6. The van der Waals surface area contributed by atoms with Gasteiger partial charge in [-0.25, -0.2) is 0 Å². The molecular formula is C28H22Cl3F6NO4S. The molecule has 1 heterocycles. The summed E-state index contributed by atoms with van der Waals surface area (Å²) in [6.07, 6.45) is -9.95. The van der Waals surface area contributed by atoms with Crippen LogP contribution in [-0.4, -0.2) is 38.9 Å². The van der Waals surface area contributed by atoms with Crippen LogP contribution in [0.15, 0.2) is 59.5 Å². The Bertz CT molecular complexity index is 1630. The summed E-state index contributed by atoms with van der Waals surface area (Å²) in [5.41, 5.74) is -5.03. The van der Waals surface area contributed by atoms with E-state index in [4.69, 9.17) is 39.0 Å². The maximum absolute atomic E-state index is 13.7. The van der Waals surface area contributed by atoms with Crippen molar-refractivity contribution in [2.45, 2.75) is 42.4 Å². The van der Waals surface area contributed by atoms with Crippen LogP contribution in [0.5, 0.6) is 0 Å². The molecule has 1 atom stereocenters. The number of hydrogen-bond donors (Lipinski definition) is 0. The Morgan fingerprint density at radius 3 is 2.09 bits per heavy atom. The number of piperidine rings is 1. The zero-order chi connectivity index (χ0) is 32.0. The molecule has 0 spiro atoms. The summed E-state index contributed by atoms with van der Waals surface area (Å²) >= 11 is 18.7. The Labute approximate surface area is 258 Å². The van der Waals surface area contributed by atoms with Crippen molar-refractivity contribution in [2.75, 3.05) is 19.7 Å². The average molecular weight is 689 g/mol. The molecule has 4 rings (SSSR count). The number of halogens is 9. The van der Waals surface area contributed by atoms with Crippen molar-refractivity contribution < 1.29 is 43.7 Å². The first kappa shape index (κ1) is 33.4. The predicted octanol–water partition coefficient (Wildman–Crippen LogP) is 8.63. The van der Waals surface area contributed by atoms with E-state index in [0.29, 0.717) is 17.7 Å². The molecule has 1 fully saturated rings. The molecule has 5 nitrogen and oxygen atoms in total. The lowest BCUT2D eigenvalue weighted by molar-refractivity contribution is -0.143. The largest absolute Gasteiger partial charge is 0.416 e. The molecular weight excluding hydrogens is 667 g/mol. The van der Waals surface area contributed by atoms with E-state index in [9.17, 15) is 39.6 Å². The fourth-order valence-electron chi connectivity index (χ4n) is 5.21. The molecule has 0 N–H and O–H groups in total. The van der Waals surface area contributed by atoms with Gasteiger partial charge in [0.05, 0.1) is 32.7 Å². The van der Waals surface area contributed by atoms with Crippen molar-refractivity contribution in [2.24, 2.45) is 0 Å². The number of carbonyl (C=O) groups is 1. The van der Waals surface area contributed by atoms with Crippen LogP contribution in [0.25, 0.3) is 0 Å². The van der Waals surface area contributed by atoms with E-state index in [1.165, 1.54) is 37.3 Å². The zero-order valence-electron chi connectivity index (χ0n) is 22.1. The molecule has 0 aliphatic carbocycles. The van der Waals surface area contributed by atoms with Crippen LogP contribution in [0.4, 0.5) is 26.3 Å². The lowest BCUT2D eigenvalue weighted by Gasteiger charge is -2.44. The molecule has 43 heavy (non-hydrogen) atoms. The van der Waals surface area contributed by atoms with Gasteiger partial charge >= 0.3 is 12.4 Å². The van der Waals surface area contributed by atoms with Crippen LogP contribution >= 0.6 is 34.8 Å². The van der Waals surface area contributed by atoms with Crippen molar-refractivity contribution in [3.63, 3.8) is 0 Å². The summed E-state index contributed by atoms with van der Waals surface area (Å²) in [4.78, 5) is 14.5. The van der Waals surface area contributed by atoms with Crippen molar-refractivity contribution >= 4 is 50.8 Å². The Hall–Kier alpha value is -2.51. The molecule has 3 aromatic carbocycles. The molecule has 1 aliphatic rings. The summed E-state index contributed by atoms with van der Waals surface area (Å²) in [6.45, 7) is 0.864. The second-order valence-electron chi connectivity index (χ2n) is 9.84. The van der Waals surface area contributed by atoms with E-state index < -0.39 is 50.5 Å². The van der Waals surface area contributed by atoms with Crippen LogP contribution in [-0.2, 0) is 32.1 Å². The van der Waals surface area contributed by atoms with Crippen LogP contribution < -0.4 is 0 Å². The molecule has 0 radical (unpaired) electrons. The maximum atomic E-state index is 13.7. The Balaban J connectivity index is 1.93. The van der Waals surface area contributed by atoms with Crippen molar-refractivity contribution in [3.05, 3.63) is 97.5 Å². The standard InChI is InChI=1S/C28H22Cl3F6NO4S/c1-2-42-43(40,41)24-7-5-20(29)14-21(24)26(17-4-6-22(30)23(31)13-17)8-3-9-38(15-26)25(39)16-10-18(27(32,33)34)12-19(11-16)28(35,36)37/h4-7,10-14H,2-3,8-9,15H2,1H3. The minimum atomic E-state index is -5.16. The smallest absolute Gasteiger partial charge is 0.337 e. The van der Waals surface area contributed by atoms with E-state index in [2.05, 4.69) is 0 Å². The van der Waals surface area contributed by atoms with Crippen LogP contribution in [0.3, 0.4) is 0 Å². The summed E-state index contributed by atoms with van der Waals surface area (Å²) in [6, 6.07) is 9.03. The van der Waals surface area contributed by atoms with Gasteiger partial charge in [0, 0.05) is 29.1 Å². The lowest BCUT2D eigenvalue weighted by atomic mass is 9.69. The highest BCUT2D eigenvalue weighted by molar-refractivity contribution is 7.86. The third-order valence-corrected chi connectivity index (χ3v) is 9.50. The Kier molecular flexibility index (Phi) is 9.41. The van der Waals surface area contributed by atoms with Gasteiger partial charge in [-0.05, 0) is 79.4 Å². The number of rotatable bonds is 6. The Morgan fingerprint density at radius 1 is 0.907 bits per heavy atom. The molecule has 3 aromatic rings. The summed E-state index contributed by atoms with van der Waals surface area (Å²) in [5.74, 6) is -1.11. The van der Waals surface area contributed by atoms with Gasteiger partial charge in [0.1, 0.15) is 0 Å². The minimum Gasteiger partial charge on any atom is -0.337 e. The van der Waals surface area contributed by atoms with Crippen molar-refractivity contribution in [1.29, 1.82) is 0 Å². The first-order chi connectivity index (χ1) is 19.9. The first-order valence-electron chi connectivity index (χ1n) is 12.6. The van der Waals surface area contributed by atoms with Gasteiger partial charge in [0.15, 0.2) is 0 Å². The molecule has 1 aliphatic heterocycles. The van der Waals surface area contributed by atoms with Crippen LogP contribution in [0.1, 0.15) is 52.4 Å². The quantitative estimate of drug-likeness (QED) is 0.192. The number of nitrogens with zero attached hydrogens (tertiary/aromatic N) is 1. The van der Waals surface area contributed by atoms with Crippen LogP contribution in [0.2, 0.25) is 15.1 Å². The van der Waals surface area contributed by atoms with Crippen molar-refractivity contribution in [3.8, 4) is 0 Å². The zero-order valence-corrected chi connectivity index (χ0v) is 25.2. The molecule has 0 saturated carbocycles. The number of carbonyl (C=O) groups excluding carboxylic acids is 1. The molecule has 232 valence electrons. The third-order valence-electron chi connectivity index (χ3n) is 7.09. The lowest BCUT2D eigenvalue weighted by Crippen LogP contribution is -2.49. The van der Waals surface area contributed by atoms with E-state index in [-0.39, 0.29) is 64.1 Å². The summed E-state index contributed by atoms with van der Waals surface area (Å²) in [5, 5.41) is 0.383. The highest BCUT2D eigenvalue weighted by atomic mass is 35.5. The molecule has 1 saturated heterocycles. The van der Waals surface area contributed by atoms with E-state index >= 15 is 0 Å². The fraction of sp³-hybridized carbons (Fsp3) is 0.321. The number of benzene rings is 3. The first-order valence-corrected chi connectivity index (χ1v) is 15.2. The summed E-state index contributed by atoms with van der Waals surface area (Å²) in [7, 11) is -4.38. The van der Waals surface area contributed by atoms with E-state index in [1.807, 2.05) is 0 Å². The van der Waals surface area contributed by atoms with Gasteiger partial charge < -0.3 is 4.90 Å². The normalized spacial score (nSPS) is 18.1. The number of likely N-dealkylation sites (tertiary alicyclic amines) is 1. The summed E-state index contributed by atoms with van der Waals surface area (Å²) < 4.78 is 113. The molecule has 0 bridgehead atoms. The van der Waals surface area contributed by atoms with Crippen LogP contribution in [0, 0.1) is 0 Å². The average Bonchev–Trinajstić information content (AvgIpc) is 2.92. The molecule has 1 amide bonds. The van der Waals surface area contributed by atoms with Gasteiger partial charge in [0.25, 0.3) is 16.0 Å². The monoisotopic (exact) mass is 687 g/mol. The second kappa shape index (κ2) is 12.1. The molecule has 0 aromatic heterocycles. The van der Waals surface area contributed by atoms with E-state index in [0.717, 1.165) is 4.90 Å².